The second kappa shape index (κ2) is 5.16. The van der Waals surface area contributed by atoms with E-state index >= 15 is 0 Å². The molecule has 0 saturated heterocycles. The van der Waals surface area contributed by atoms with Crippen LogP contribution in [0.4, 0.5) is 11.4 Å². The molecule has 1 rings (SSSR count). The van der Waals surface area contributed by atoms with Crippen molar-refractivity contribution in [1.29, 1.82) is 0 Å². The molecule has 1 unspecified atom stereocenters. The predicted octanol–water partition coefficient (Wildman–Crippen LogP) is 0.931. The molecule has 1 aromatic rings. The Hall–Kier alpha value is -2.04. The van der Waals surface area contributed by atoms with E-state index in [2.05, 4.69) is 10.6 Å². The first-order valence-electron chi connectivity index (χ1n) is 4.92. The fraction of sp³-hybridized carbons (Fsp3) is 0.273. The Labute approximate surface area is 94.0 Å². The van der Waals surface area contributed by atoms with Gasteiger partial charge in [0.05, 0.1) is 0 Å². The number of anilines is 2. The lowest BCUT2D eigenvalue weighted by Gasteiger charge is -2.12. The summed E-state index contributed by atoms with van der Waals surface area (Å²) in [6.07, 6.45) is 0. The molecule has 0 fully saturated rings. The van der Waals surface area contributed by atoms with Crippen LogP contribution in [0.3, 0.4) is 0 Å². The van der Waals surface area contributed by atoms with Crippen LogP contribution >= 0.6 is 0 Å². The molecule has 4 N–H and O–H groups in total. The number of rotatable bonds is 4. The largest absolute Gasteiger partial charge is 0.374 e. The summed E-state index contributed by atoms with van der Waals surface area (Å²) in [4.78, 5) is 21.6. The van der Waals surface area contributed by atoms with Gasteiger partial charge in [0.2, 0.25) is 11.8 Å². The first-order valence-corrected chi connectivity index (χ1v) is 4.92. The van der Waals surface area contributed by atoms with Gasteiger partial charge in [-0.3, -0.25) is 9.59 Å². The van der Waals surface area contributed by atoms with Crippen LogP contribution in [-0.4, -0.2) is 17.9 Å². The molecule has 0 aliphatic heterocycles. The number of nitrogens with one attached hydrogen (secondary N) is 2. The smallest absolute Gasteiger partial charge is 0.239 e. The molecule has 0 bridgehead atoms. The summed E-state index contributed by atoms with van der Waals surface area (Å²) in [5.41, 5.74) is 6.61. The van der Waals surface area contributed by atoms with Gasteiger partial charge in [-0.25, -0.2) is 0 Å². The van der Waals surface area contributed by atoms with Gasteiger partial charge in [0, 0.05) is 18.3 Å². The summed E-state index contributed by atoms with van der Waals surface area (Å²) in [7, 11) is 0. The number of carbonyl (C=O) groups is 2. The second-order valence-corrected chi connectivity index (χ2v) is 3.53. The molecule has 0 spiro atoms. The molecule has 0 aromatic heterocycles. The molecule has 2 amide bonds. The van der Waals surface area contributed by atoms with Crippen LogP contribution in [-0.2, 0) is 9.59 Å². The summed E-state index contributed by atoms with van der Waals surface area (Å²) in [6, 6.07) is 6.61. The Morgan fingerprint density at radius 1 is 1.19 bits per heavy atom. The molecule has 1 aromatic carbocycles. The van der Waals surface area contributed by atoms with Crippen molar-refractivity contribution in [3.8, 4) is 0 Å². The van der Waals surface area contributed by atoms with Gasteiger partial charge in [0.1, 0.15) is 6.04 Å². The van der Waals surface area contributed by atoms with Gasteiger partial charge in [-0.05, 0) is 31.2 Å². The van der Waals surface area contributed by atoms with Gasteiger partial charge in [0.25, 0.3) is 0 Å². The molecule has 0 saturated carbocycles. The average molecular weight is 221 g/mol. The summed E-state index contributed by atoms with van der Waals surface area (Å²) in [6.45, 7) is 3.13. The van der Waals surface area contributed by atoms with Crippen LogP contribution in [0.25, 0.3) is 0 Å². The van der Waals surface area contributed by atoms with Crippen LogP contribution in [0.1, 0.15) is 13.8 Å². The Morgan fingerprint density at radius 2 is 1.69 bits per heavy atom. The number of benzene rings is 1. The quantitative estimate of drug-likeness (QED) is 0.707. The summed E-state index contributed by atoms with van der Waals surface area (Å²) in [5, 5.41) is 5.58. The SMILES string of the molecule is CC(=O)Nc1ccc(NC(C)C(N)=O)cc1. The number of amides is 2. The molecule has 16 heavy (non-hydrogen) atoms. The zero-order valence-electron chi connectivity index (χ0n) is 9.28. The summed E-state index contributed by atoms with van der Waals surface area (Å²) < 4.78 is 0. The lowest BCUT2D eigenvalue weighted by atomic mass is 10.2. The topological polar surface area (TPSA) is 84.2 Å². The van der Waals surface area contributed by atoms with Crippen molar-refractivity contribution >= 4 is 23.2 Å². The minimum Gasteiger partial charge on any atom is -0.374 e. The van der Waals surface area contributed by atoms with Gasteiger partial charge in [-0.2, -0.15) is 0 Å². The molecular formula is C11H15N3O2. The molecule has 0 radical (unpaired) electrons. The van der Waals surface area contributed by atoms with E-state index in [1.54, 1.807) is 31.2 Å². The third-order valence-corrected chi connectivity index (χ3v) is 2.02. The first kappa shape index (κ1) is 12.0. The molecule has 0 aliphatic carbocycles. The van der Waals surface area contributed by atoms with Crippen molar-refractivity contribution in [2.45, 2.75) is 19.9 Å². The Kier molecular flexibility index (Phi) is 3.88. The minimum atomic E-state index is -0.424. The summed E-state index contributed by atoms with van der Waals surface area (Å²) in [5.74, 6) is -0.530. The van der Waals surface area contributed by atoms with Crippen molar-refractivity contribution in [2.75, 3.05) is 10.6 Å². The van der Waals surface area contributed by atoms with E-state index in [1.165, 1.54) is 6.92 Å². The normalized spacial score (nSPS) is 11.6. The van der Waals surface area contributed by atoms with Crippen molar-refractivity contribution in [3.05, 3.63) is 24.3 Å². The van der Waals surface area contributed by atoms with Gasteiger partial charge < -0.3 is 16.4 Å². The number of primary amides is 1. The van der Waals surface area contributed by atoms with Crippen LogP contribution in [0.15, 0.2) is 24.3 Å². The van der Waals surface area contributed by atoms with E-state index in [0.717, 1.165) is 5.69 Å². The van der Waals surface area contributed by atoms with E-state index in [1.807, 2.05) is 0 Å². The number of hydrogen-bond donors (Lipinski definition) is 3. The van der Waals surface area contributed by atoms with Crippen molar-refractivity contribution in [3.63, 3.8) is 0 Å². The molecule has 0 heterocycles. The maximum Gasteiger partial charge on any atom is 0.239 e. The monoisotopic (exact) mass is 221 g/mol. The lowest BCUT2D eigenvalue weighted by Crippen LogP contribution is -2.32. The fourth-order valence-corrected chi connectivity index (χ4v) is 1.17. The zero-order chi connectivity index (χ0) is 12.1. The molecule has 1 atom stereocenters. The van der Waals surface area contributed by atoms with Crippen molar-refractivity contribution in [1.82, 2.24) is 0 Å². The van der Waals surface area contributed by atoms with Crippen LogP contribution < -0.4 is 16.4 Å². The maximum absolute atomic E-state index is 10.8. The van der Waals surface area contributed by atoms with E-state index in [4.69, 9.17) is 5.73 Å². The standard InChI is InChI=1S/C11H15N3O2/c1-7(11(12)16)13-9-3-5-10(6-4-9)14-8(2)15/h3-7,13H,1-2H3,(H2,12,16)(H,14,15). The predicted molar refractivity (Wildman–Crippen MR) is 63.0 cm³/mol. The van der Waals surface area contributed by atoms with Crippen molar-refractivity contribution < 1.29 is 9.59 Å². The van der Waals surface area contributed by atoms with Crippen LogP contribution in [0, 0.1) is 0 Å². The summed E-state index contributed by atoms with van der Waals surface area (Å²) >= 11 is 0. The third kappa shape index (κ3) is 3.61. The average Bonchev–Trinajstić information content (AvgIpc) is 2.20. The van der Waals surface area contributed by atoms with Gasteiger partial charge in [-0.15, -0.1) is 0 Å². The highest BCUT2D eigenvalue weighted by Crippen LogP contribution is 2.14. The Bertz CT molecular complexity index is 387. The highest BCUT2D eigenvalue weighted by molar-refractivity contribution is 5.89. The highest BCUT2D eigenvalue weighted by atomic mass is 16.1. The van der Waals surface area contributed by atoms with Gasteiger partial charge in [-0.1, -0.05) is 0 Å². The maximum atomic E-state index is 10.8. The lowest BCUT2D eigenvalue weighted by molar-refractivity contribution is -0.118. The number of carbonyl (C=O) groups excluding carboxylic acids is 2. The van der Waals surface area contributed by atoms with Gasteiger partial charge >= 0.3 is 0 Å². The highest BCUT2D eigenvalue weighted by Gasteiger charge is 2.07. The third-order valence-electron chi connectivity index (χ3n) is 2.02. The van der Waals surface area contributed by atoms with Crippen LogP contribution in [0.5, 0.6) is 0 Å². The number of nitrogens with two attached hydrogens (primary N) is 1. The van der Waals surface area contributed by atoms with Crippen LogP contribution in [0.2, 0.25) is 0 Å². The Morgan fingerprint density at radius 3 is 2.12 bits per heavy atom. The molecular weight excluding hydrogens is 206 g/mol. The second-order valence-electron chi connectivity index (χ2n) is 3.53. The van der Waals surface area contributed by atoms with E-state index in [0.29, 0.717) is 5.69 Å². The molecule has 86 valence electrons. The molecule has 0 aliphatic rings. The molecule has 5 heteroatoms. The zero-order valence-corrected chi connectivity index (χ0v) is 9.28. The molecule has 5 nitrogen and oxygen atoms in total. The van der Waals surface area contributed by atoms with E-state index in [9.17, 15) is 9.59 Å². The minimum absolute atomic E-state index is 0.119. The van der Waals surface area contributed by atoms with Crippen molar-refractivity contribution in [2.24, 2.45) is 5.73 Å². The Balaban J connectivity index is 2.64. The van der Waals surface area contributed by atoms with E-state index in [-0.39, 0.29) is 5.91 Å². The van der Waals surface area contributed by atoms with E-state index < -0.39 is 11.9 Å². The van der Waals surface area contributed by atoms with Gasteiger partial charge in [0.15, 0.2) is 0 Å². The first-order chi connectivity index (χ1) is 7.49. The fourth-order valence-electron chi connectivity index (χ4n) is 1.17. The number of hydrogen-bond acceptors (Lipinski definition) is 3.